The number of methoxy groups -OCH3 is 1. The standard InChI is InChI=1S/C26H35N5O9S/c1-15(32)27-23-25(39-17(3)34)24(38-16(2)33)21(40-26(23)37-11-6-5-10-22(35)29-41)14-31-13-20(28-30-31)18-8-7-9-19(12-18)36-4/h5-9,12-13,21,23-26,28,30,41H,10-11,14H2,1-4H3,(H,27,32)(H,29,35)/b6-5-. The SMILES string of the molecule is COc1cccc(C2=CN(CC3OC(OC/C=C\CC(=O)NS)C(NC(C)=O)C(OC(C)=O)C3OC(C)=O)NN2)c1. The predicted molar refractivity (Wildman–Crippen MR) is 148 cm³/mol. The van der Waals surface area contributed by atoms with E-state index in [-0.39, 0.29) is 25.5 Å². The number of nitrogens with zero attached hydrogens (tertiary/aromatic N) is 1. The van der Waals surface area contributed by atoms with Gasteiger partial charge in [-0.25, -0.2) is 0 Å². The molecule has 2 aliphatic rings. The molecule has 5 atom stereocenters. The number of hydrazine groups is 2. The Labute approximate surface area is 243 Å². The number of carbonyl (C=O) groups excluding carboxylic acids is 4. The van der Waals surface area contributed by atoms with Crippen molar-refractivity contribution >= 4 is 42.3 Å². The molecule has 2 aliphatic heterocycles. The molecule has 2 heterocycles. The molecule has 0 bridgehead atoms. The molecule has 14 nitrogen and oxygen atoms in total. The highest BCUT2D eigenvalue weighted by molar-refractivity contribution is 7.78. The molecule has 15 heteroatoms. The molecule has 224 valence electrons. The van der Waals surface area contributed by atoms with E-state index in [4.69, 9.17) is 23.7 Å². The molecule has 1 aromatic rings. The van der Waals surface area contributed by atoms with Gasteiger partial charge in [0.05, 0.1) is 26.0 Å². The lowest BCUT2D eigenvalue weighted by atomic mass is 9.95. The first-order valence-corrected chi connectivity index (χ1v) is 13.2. The molecule has 1 saturated heterocycles. The first kappa shape index (κ1) is 31.7. The maximum Gasteiger partial charge on any atom is 0.303 e. The van der Waals surface area contributed by atoms with Gasteiger partial charge in [-0.3, -0.25) is 24.2 Å². The van der Waals surface area contributed by atoms with Gasteiger partial charge < -0.3 is 39.1 Å². The van der Waals surface area contributed by atoms with Crippen LogP contribution in [0, 0.1) is 0 Å². The van der Waals surface area contributed by atoms with Crippen LogP contribution in [0.5, 0.6) is 5.75 Å². The zero-order chi connectivity index (χ0) is 29.9. The Balaban J connectivity index is 1.86. The lowest BCUT2D eigenvalue weighted by molar-refractivity contribution is -0.271. The third kappa shape index (κ3) is 9.38. The van der Waals surface area contributed by atoms with E-state index in [1.165, 1.54) is 20.8 Å². The minimum Gasteiger partial charge on any atom is -0.497 e. The molecule has 1 aromatic carbocycles. The van der Waals surface area contributed by atoms with Crippen molar-refractivity contribution in [2.75, 3.05) is 20.3 Å². The Morgan fingerprint density at radius 2 is 1.83 bits per heavy atom. The molecular formula is C26H35N5O9S. The van der Waals surface area contributed by atoms with E-state index in [9.17, 15) is 19.2 Å². The summed E-state index contributed by atoms with van der Waals surface area (Å²) in [6.45, 7) is 3.83. The van der Waals surface area contributed by atoms with Gasteiger partial charge in [-0.1, -0.05) is 37.1 Å². The van der Waals surface area contributed by atoms with Crippen LogP contribution in [-0.2, 0) is 38.1 Å². The molecule has 0 radical (unpaired) electrons. The first-order chi connectivity index (χ1) is 19.6. The van der Waals surface area contributed by atoms with Gasteiger partial charge in [-0.05, 0) is 12.1 Å². The largest absolute Gasteiger partial charge is 0.497 e. The predicted octanol–water partition coefficient (Wildman–Crippen LogP) is 0.335. The molecular weight excluding hydrogens is 558 g/mol. The van der Waals surface area contributed by atoms with E-state index in [1.807, 2.05) is 24.3 Å². The Kier molecular flexibility index (Phi) is 11.8. The summed E-state index contributed by atoms with van der Waals surface area (Å²) in [6.07, 6.45) is 0.813. The number of hydrogen-bond donors (Lipinski definition) is 5. The number of thiol groups is 1. The van der Waals surface area contributed by atoms with E-state index in [2.05, 4.69) is 33.8 Å². The maximum atomic E-state index is 12.1. The van der Waals surface area contributed by atoms with E-state index in [1.54, 1.807) is 30.5 Å². The molecule has 0 saturated carbocycles. The van der Waals surface area contributed by atoms with Gasteiger partial charge >= 0.3 is 11.9 Å². The fourth-order valence-electron chi connectivity index (χ4n) is 4.28. The van der Waals surface area contributed by atoms with Crippen molar-refractivity contribution < 1.29 is 42.9 Å². The van der Waals surface area contributed by atoms with E-state index in [0.29, 0.717) is 5.75 Å². The number of carbonyl (C=O) groups is 4. The highest BCUT2D eigenvalue weighted by Crippen LogP contribution is 2.29. The van der Waals surface area contributed by atoms with Gasteiger partial charge in [0.2, 0.25) is 11.8 Å². The molecule has 4 N–H and O–H groups in total. The summed E-state index contributed by atoms with van der Waals surface area (Å²) in [5.41, 5.74) is 7.66. The van der Waals surface area contributed by atoms with Gasteiger partial charge in [0.15, 0.2) is 18.5 Å². The lowest BCUT2D eigenvalue weighted by Crippen LogP contribution is -2.67. The number of nitrogens with one attached hydrogen (secondary N) is 4. The number of benzene rings is 1. The van der Waals surface area contributed by atoms with Crippen molar-refractivity contribution in [3.05, 3.63) is 48.2 Å². The Morgan fingerprint density at radius 3 is 2.49 bits per heavy atom. The smallest absolute Gasteiger partial charge is 0.303 e. The van der Waals surface area contributed by atoms with Crippen molar-refractivity contribution in [3.8, 4) is 5.75 Å². The summed E-state index contributed by atoms with van der Waals surface area (Å²) in [6, 6.07) is 6.42. The van der Waals surface area contributed by atoms with Crippen molar-refractivity contribution in [2.45, 2.75) is 57.8 Å². The number of rotatable bonds is 12. The number of hydrogen-bond acceptors (Lipinski definition) is 13. The molecule has 1 fully saturated rings. The Hall–Kier alpha value is -3.79. The monoisotopic (exact) mass is 593 g/mol. The molecule has 5 unspecified atom stereocenters. The molecule has 0 spiro atoms. The molecule has 41 heavy (non-hydrogen) atoms. The zero-order valence-corrected chi connectivity index (χ0v) is 24.0. The van der Waals surface area contributed by atoms with Gasteiger partial charge in [0.25, 0.3) is 0 Å². The zero-order valence-electron chi connectivity index (χ0n) is 23.1. The third-order valence-corrected chi connectivity index (χ3v) is 6.20. The Bertz CT molecular complexity index is 1160. The summed E-state index contributed by atoms with van der Waals surface area (Å²) < 4.78 is 30.8. The first-order valence-electron chi connectivity index (χ1n) is 12.7. The van der Waals surface area contributed by atoms with Gasteiger partial charge in [0, 0.05) is 39.0 Å². The summed E-state index contributed by atoms with van der Waals surface area (Å²) >= 11 is 3.70. The normalized spacial score (nSPS) is 23.8. The molecule has 2 amide bonds. The van der Waals surface area contributed by atoms with E-state index >= 15 is 0 Å². The Morgan fingerprint density at radius 1 is 1.10 bits per heavy atom. The van der Waals surface area contributed by atoms with Crippen LogP contribution in [0.2, 0.25) is 0 Å². The van der Waals surface area contributed by atoms with Crippen LogP contribution in [0.1, 0.15) is 32.8 Å². The van der Waals surface area contributed by atoms with Crippen LogP contribution in [0.15, 0.2) is 42.6 Å². The van der Waals surface area contributed by atoms with Crippen LogP contribution >= 0.6 is 12.8 Å². The average Bonchev–Trinajstić information content (AvgIpc) is 3.40. The quantitative estimate of drug-likeness (QED) is 0.128. The number of esters is 2. The maximum absolute atomic E-state index is 12.1. The number of amides is 2. The number of ether oxygens (including phenoxy) is 5. The lowest BCUT2D eigenvalue weighted by Gasteiger charge is -2.45. The molecule has 0 aromatic heterocycles. The van der Waals surface area contributed by atoms with Gasteiger partial charge in [-0.15, -0.1) is 5.53 Å². The van der Waals surface area contributed by atoms with Crippen LogP contribution in [0.3, 0.4) is 0 Å². The van der Waals surface area contributed by atoms with Gasteiger partial charge in [-0.2, -0.15) is 0 Å². The van der Waals surface area contributed by atoms with Crippen molar-refractivity contribution in [2.24, 2.45) is 0 Å². The minimum atomic E-state index is -1.14. The summed E-state index contributed by atoms with van der Waals surface area (Å²) in [5, 5.41) is 4.36. The highest BCUT2D eigenvalue weighted by Gasteiger charge is 2.51. The second kappa shape index (κ2) is 15.3. The highest BCUT2D eigenvalue weighted by atomic mass is 32.1. The summed E-state index contributed by atoms with van der Waals surface area (Å²) in [4.78, 5) is 47.7. The van der Waals surface area contributed by atoms with Gasteiger partial charge in [0.1, 0.15) is 17.9 Å². The average molecular weight is 594 g/mol. The molecule has 0 aliphatic carbocycles. The van der Waals surface area contributed by atoms with Crippen LogP contribution in [0.4, 0.5) is 0 Å². The van der Waals surface area contributed by atoms with Crippen LogP contribution < -0.4 is 25.7 Å². The second-order valence-electron chi connectivity index (χ2n) is 9.13. The minimum absolute atomic E-state index is 0.00174. The van der Waals surface area contributed by atoms with Crippen molar-refractivity contribution in [1.82, 2.24) is 26.0 Å². The second-order valence-corrected chi connectivity index (χ2v) is 9.35. The molecule has 3 rings (SSSR count). The van der Waals surface area contributed by atoms with E-state index < -0.39 is 48.5 Å². The van der Waals surface area contributed by atoms with Crippen molar-refractivity contribution in [1.29, 1.82) is 0 Å². The topological polar surface area (TPSA) is 166 Å². The fraction of sp³-hybridized carbons (Fsp3) is 0.462. The third-order valence-electron chi connectivity index (χ3n) is 5.95. The van der Waals surface area contributed by atoms with Crippen LogP contribution in [-0.4, -0.2) is 79.7 Å². The summed E-state index contributed by atoms with van der Waals surface area (Å²) in [5.74, 6) is -1.35. The fourth-order valence-corrected chi connectivity index (χ4v) is 4.37. The van der Waals surface area contributed by atoms with E-state index in [0.717, 1.165) is 11.3 Å². The van der Waals surface area contributed by atoms with Crippen LogP contribution in [0.25, 0.3) is 5.70 Å². The summed E-state index contributed by atoms with van der Waals surface area (Å²) in [7, 11) is 1.58. The van der Waals surface area contributed by atoms with Crippen molar-refractivity contribution in [3.63, 3.8) is 0 Å².